The summed E-state index contributed by atoms with van der Waals surface area (Å²) in [6.07, 6.45) is 1.11. The smallest absolute Gasteiger partial charge is 0.411 e. The van der Waals surface area contributed by atoms with Gasteiger partial charge in [-0.25, -0.2) is 4.79 Å². The number of anilines is 1. The van der Waals surface area contributed by atoms with E-state index >= 15 is 0 Å². The summed E-state index contributed by atoms with van der Waals surface area (Å²) in [5, 5.41) is 2.75. The zero-order valence-corrected chi connectivity index (χ0v) is 19.7. The van der Waals surface area contributed by atoms with E-state index in [1.54, 1.807) is 24.3 Å². The maximum atomic E-state index is 13.2. The minimum atomic E-state index is -0.565. The molecule has 35 heavy (non-hydrogen) atoms. The van der Waals surface area contributed by atoms with Gasteiger partial charge in [-0.1, -0.05) is 48.5 Å². The van der Waals surface area contributed by atoms with Crippen LogP contribution in [0.4, 0.5) is 10.5 Å². The molecule has 180 valence electrons. The molecule has 0 unspecified atom stereocenters. The summed E-state index contributed by atoms with van der Waals surface area (Å²) < 4.78 is 5.31. The van der Waals surface area contributed by atoms with Gasteiger partial charge >= 0.3 is 6.09 Å². The highest BCUT2D eigenvalue weighted by Gasteiger charge is 2.25. The number of nitrogens with zero attached hydrogens (tertiary/aromatic N) is 1. The number of piperidine rings is 1. The maximum Gasteiger partial charge on any atom is 0.411 e. The number of likely N-dealkylation sites (tertiary alicyclic amines) is 1. The van der Waals surface area contributed by atoms with E-state index < -0.39 is 12.0 Å². The second kappa shape index (κ2) is 10.9. The number of aryl methyl sites for hydroxylation is 1. The van der Waals surface area contributed by atoms with Crippen LogP contribution in [0.2, 0.25) is 0 Å². The van der Waals surface area contributed by atoms with Crippen LogP contribution in [0.1, 0.15) is 56.2 Å². The quantitative estimate of drug-likeness (QED) is 0.536. The van der Waals surface area contributed by atoms with Gasteiger partial charge in [0.1, 0.15) is 6.61 Å². The van der Waals surface area contributed by atoms with Crippen LogP contribution in [-0.4, -0.2) is 35.9 Å². The number of ether oxygens (including phenoxy) is 1. The van der Waals surface area contributed by atoms with Gasteiger partial charge in [-0.05, 0) is 66.6 Å². The van der Waals surface area contributed by atoms with Gasteiger partial charge in [0, 0.05) is 29.9 Å². The molecule has 1 saturated heterocycles. The molecule has 1 aliphatic rings. The predicted octanol–water partition coefficient (Wildman–Crippen LogP) is 4.86. The van der Waals surface area contributed by atoms with Crippen molar-refractivity contribution in [1.29, 1.82) is 0 Å². The van der Waals surface area contributed by atoms with E-state index in [4.69, 9.17) is 10.5 Å². The van der Waals surface area contributed by atoms with E-state index in [2.05, 4.69) is 5.32 Å². The first-order chi connectivity index (χ1) is 16.9. The van der Waals surface area contributed by atoms with Crippen molar-refractivity contribution >= 4 is 23.6 Å². The zero-order chi connectivity index (χ0) is 24.8. The zero-order valence-electron chi connectivity index (χ0n) is 19.7. The van der Waals surface area contributed by atoms with Crippen LogP contribution in [0.15, 0.2) is 72.8 Å². The van der Waals surface area contributed by atoms with Crippen molar-refractivity contribution in [2.75, 3.05) is 18.4 Å². The van der Waals surface area contributed by atoms with Crippen molar-refractivity contribution < 1.29 is 19.1 Å². The molecule has 1 heterocycles. The average Bonchev–Trinajstić information content (AvgIpc) is 2.89. The second-order valence-electron chi connectivity index (χ2n) is 8.77. The summed E-state index contributed by atoms with van der Waals surface area (Å²) in [5.41, 5.74) is 9.79. The van der Waals surface area contributed by atoms with Gasteiger partial charge in [0.15, 0.2) is 0 Å². The second-order valence-corrected chi connectivity index (χ2v) is 8.77. The Bertz CT molecular complexity index is 1200. The first-order valence-electron chi connectivity index (χ1n) is 11.7. The van der Waals surface area contributed by atoms with Crippen molar-refractivity contribution in [3.8, 4) is 0 Å². The first kappa shape index (κ1) is 24.0. The van der Waals surface area contributed by atoms with E-state index in [1.165, 1.54) is 0 Å². The highest BCUT2D eigenvalue weighted by atomic mass is 16.5. The molecule has 0 bridgehead atoms. The molecular weight excluding hydrogens is 442 g/mol. The van der Waals surface area contributed by atoms with Crippen LogP contribution in [0, 0.1) is 6.92 Å². The highest BCUT2D eigenvalue weighted by molar-refractivity contribution is 5.97. The van der Waals surface area contributed by atoms with E-state index in [9.17, 15) is 14.4 Å². The molecule has 3 aromatic rings. The molecule has 3 aromatic carbocycles. The fourth-order valence-corrected chi connectivity index (χ4v) is 4.28. The minimum Gasteiger partial charge on any atom is -0.444 e. The van der Waals surface area contributed by atoms with Crippen LogP contribution < -0.4 is 11.1 Å². The number of nitrogens with one attached hydrogen (secondary N) is 1. The Morgan fingerprint density at radius 3 is 2.26 bits per heavy atom. The largest absolute Gasteiger partial charge is 0.444 e. The highest BCUT2D eigenvalue weighted by Crippen LogP contribution is 2.29. The molecule has 3 N–H and O–H groups in total. The third-order valence-electron chi connectivity index (χ3n) is 6.38. The number of hydrogen-bond acceptors (Lipinski definition) is 4. The Morgan fingerprint density at radius 2 is 1.60 bits per heavy atom. The number of carbonyl (C=O) groups excluding carboxylic acids is 3. The molecule has 0 spiro atoms. The average molecular weight is 472 g/mol. The summed E-state index contributed by atoms with van der Waals surface area (Å²) in [6.45, 7) is 3.31. The molecule has 7 nitrogen and oxygen atoms in total. The standard InChI is InChI=1S/C28H29N3O4/c1-19-7-8-24(17-25(19)30-28(34)35-18-20-5-3-2-4-6-20)27(33)31-15-13-22(14-16-31)21-9-11-23(12-10-21)26(29)32/h2-12,17,22H,13-16,18H2,1H3,(H2,29,32)(H,30,34). The van der Waals surface area contributed by atoms with Gasteiger partial charge in [0.25, 0.3) is 5.91 Å². The number of rotatable bonds is 6. The fourth-order valence-electron chi connectivity index (χ4n) is 4.28. The number of benzene rings is 3. The summed E-state index contributed by atoms with van der Waals surface area (Å²) >= 11 is 0. The van der Waals surface area contributed by atoms with Crippen LogP contribution in [-0.2, 0) is 11.3 Å². The Hall–Kier alpha value is -4.13. The molecule has 0 saturated carbocycles. The topological polar surface area (TPSA) is 102 Å². The number of primary amides is 1. The van der Waals surface area contributed by atoms with Crippen molar-refractivity contribution in [1.82, 2.24) is 4.90 Å². The molecule has 0 aromatic heterocycles. The van der Waals surface area contributed by atoms with Gasteiger partial charge in [-0.15, -0.1) is 0 Å². The monoisotopic (exact) mass is 471 g/mol. The molecule has 4 rings (SSSR count). The number of nitrogens with two attached hydrogens (primary N) is 1. The Morgan fingerprint density at radius 1 is 0.943 bits per heavy atom. The summed E-state index contributed by atoms with van der Waals surface area (Å²) in [7, 11) is 0. The molecule has 1 fully saturated rings. The normalized spacial score (nSPS) is 13.8. The van der Waals surface area contributed by atoms with Crippen LogP contribution >= 0.6 is 0 Å². The summed E-state index contributed by atoms with van der Waals surface area (Å²) in [4.78, 5) is 38.6. The van der Waals surface area contributed by atoms with Crippen LogP contribution in [0.25, 0.3) is 0 Å². The third-order valence-corrected chi connectivity index (χ3v) is 6.38. The molecule has 7 heteroatoms. The summed E-state index contributed by atoms with van der Waals surface area (Å²) in [6, 6.07) is 22.1. The van der Waals surface area contributed by atoms with Gasteiger partial charge in [-0.2, -0.15) is 0 Å². The molecule has 1 aliphatic heterocycles. The number of carbonyl (C=O) groups is 3. The van der Waals surface area contributed by atoms with Crippen LogP contribution in [0.5, 0.6) is 0 Å². The van der Waals surface area contributed by atoms with E-state index in [0.29, 0.717) is 35.8 Å². The Labute approximate surface area is 204 Å². The lowest BCUT2D eigenvalue weighted by atomic mass is 9.88. The van der Waals surface area contributed by atoms with Crippen molar-refractivity contribution in [3.63, 3.8) is 0 Å². The number of hydrogen-bond donors (Lipinski definition) is 2. The molecule has 0 aliphatic carbocycles. The van der Waals surface area contributed by atoms with Crippen molar-refractivity contribution in [2.24, 2.45) is 5.73 Å². The predicted molar refractivity (Wildman–Crippen MR) is 134 cm³/mol. The lowest BCUT2D eigenvalue weighted by Gasteiger charge is -2.32. The molecule has 0 radical (unpaired) electrons. The van der Waals surface area contributed by atoms with E-state index in [1.807, 2.05) is 60.4 Å². The Balaban J connectivity index is 1.34. The lowest BCUT2D eigenvalue weighted by Crippen LogP contribution is -2.38. The van der Waals surface area contributed by atoms with Gasteiger partial charge in [0.05, 0.1) is 0 Å². The van der Waals surface area contributed by atoms with Gasteiger partial charge in [0.2, 0.25) is 5.91 Å². The first-order valence-corrected chi connectivity index (χ1v) is 11.7. The van der Waals surface area contributed by atoms with E-state index in [-0.39, 0.29) is 12.5 Å². The SMILES string of the molecule is Cc1ccc(C(=O)N2CCC(c3ccc(C(N)=O)cc3)CC2)cc1NC(=O)OCc1ccccc1. The fraction of sp³-hybridized carbons (Fsp3) is 0.250. The van der Waals surface area contributed by atoms with Crippen LogP contribution in [0.3, 0.4) is 0 Å². The van der Waals surface area contributed by atoms with Gasteiger partial charge in [-0.3, -0.25) is 14.9 Å². The Kier molecular flexibility index (Phi) is 7.45. The van der Waals surface area contributed by atoms with E-state index in [0.717, 1.165) is 29.5 Å². The molecular formula is C28H29N3O4. The third kappa shape index (κ3) is 6.06. The lowest BCUT2D eigenvalue weighted by molar-refractivity contribution is 0.0712. The number of amides is 3. The van der Waals surface area contributed by atoms with Crippen molar-refractivity contribution in [2.45, 2.75) is 32.3 Å². The maximum absolute atomic E-state index is 13.2. The summed E-state index contributed by atoms with van der Waals surface area (Å²) in [5.74, 6) is -0.169. The minimum absolute atomic E-state index is 0.0618. The van der Waals surface area contributed by atoms with Crippen molar-refractivity contribution in [3.05, 3.63) is 101 Å². The molecule has 3 amide bonds. The van der Waals surface area contributed by atoms with Gasteiger partial charge < -0.3 is 15.4 Å². The molecule has 0 atom stereocenters.